The highest BCUT2D eigenvalue weighted by molar-refractivity contribution is 7.89. The van der Waals surface area contributed by atoms with Crippen molar-refractivity contribution in [2.24, 2.45) is 0 Å². The molecule has 2 fully saturated rings. The Hall–Kier alpha value is -0.140. The first-order valence-corrected chi connectivity index (χ1v) is 9.81. The molecule has 0 radical (unpaired) electrons. The van der Waals surface area contributed by atoms with Crippen LogP contribution in [-0.2, 0) is 21.3 Å². The molecule has 1 saturated carbocycles. The molecule has 112 valence electrons. The van der Waals surface area contributed by atoms with Crippen LogP contribution < -0.4 is 4.72 Å². The van der Waals surface area contributed by atoms with Crippen molar-refractivity contribution in [3.63, 3.8) is 0 Å². The topological polar surface area (TPSA) is 55.4 Å². The zero-order valence-corrected chi connectivity index (χ0v) is 13.5. The molecule has 1 N–H and O–H groups in total. The Morgan fingerprint density at radius 3 is 2.75 bits per heavy atom. The largest absolute Gasteiger partial charge is 0.371 e. The van der Waals surface area contributed by atoms with E-state index in [0.717, 1.165) is 31.2 Å². The maximum absolute atomic E-state index is 12.1. The van der Waals surface area contributed by atoms with E-state index in [-0.39, 0.29) is 24.0 Å². The fraction of sp³-hybridized carbons (Fsp3) is 0.692. The van der Waals surface area contributed by atoms with Gasteiger partial charge in [-0.15, -0.1) is 0 Å². The van der Waals surface area contributed by atoms with Crippen molar-refractivity contribution in [1.29, 1.82) is 0 Å². The van der Waals surface area contributed by atoms with Gasteiger partial charge in [-0.2, -0.15) is 11.3 Å². The lowest BCUT2D eigenvalue weighted by Gasteiger charge is -2.37. The number of sulfonamides is 1. The number of thiophene rings is 1. The van der Waals surface area contributed by atoms with Gasteiger partial charge in [0.25, 0.3) is 0 Å². The molecule has 0 bridgehead atoms. The minimum atomic E-state index is -3.32. The van der Waals surface area contributed by atoms with Crippen LogP contribution in [0.2, 0.25) is 5.02 Å². The van der Waals surface area contributed by atoms with Gasteiger partial charge in [0.15, 0.2) is 0 Å². The summed E-state index contributed by atoms with van der Waals surface area (Å²) in [5.41, 5.74) is 0.833. The minimum absolute atomic E-state index is 0.0108. The highest BCUT2D eigenvalue weighted by Crippen LogP contribution is 2.45. The fourth-order valence-electron chi connectivity index (χ4n) is 2.88. The van der Waals surface area contributed by atoms with Crippen molar-refractivity contribution in [3.05, 3.63) is 21.3 Å². The van der Waals surface area contributed by atoms with E-state index in [1.807, 2.05) is 5.38 Å². The number of nitrogens with one attached hydrogen (secondary N) is 1. The molecule has 20 heavy (non-hydrogen) atoms. The number of rotatable bonds is 5. The summed E-state index contributed by atoms with van der Waals surface area (Å²) < 4.78 is 32.7. The van der Waals surface area contributed by atoms with Crippen molar-refractivity contribution in [2.75, 3.05) is 5.75 Å². The van der Waals surface area contributed by atoms with Crippen molar-refractivity contribution in [1.82, 2.24) is 4.72 Å². The molecular formula is C13H18ClNO3S2. The highest BCUT2D eigenvalue weighted by atomic mass is 35.5. The zero-order valence-electron chi connectivity index (χ0n) is 11.1. The SMILES string of the molecule is O=S(=O)(CC1CCC2(CCC2)O1)NCc1cscc1Cl. The molecule has 2 aliphatic rings. The van der Waals surface area contributed by atoms with Gasteiger partial charge in [-0.3, -0.25) is 0 Å². The van der Waals surface area contributed by atoms with Crippen molar-refractivity contribution < 1.29 is 13.2 Å². The third-order valence-electron chi connectivity index (χ3n) is 4.18. The molecule has 0 aromatic carbocycles. The van der Waals surface area contributed by atoms with Gasteiger partial charge in [0.05, 0.1) is 22.5 Å². The third-order valence-corrected chi connectivity index (χ3v) is 6.85. The minimum Gasteiger partial charge on any atom is -0.371 e. The normalized spacial score (nSPS) is 24.9. The summed E-state index contributed by atoms with van der Waals surface area (Å²) in [4.78, 5) is 0. The van der Waals surface area contributed by atoms with E-state index in [0.29, 0.717) is 5.02 Å². The molecule has 0 amide bonds. The number of ether oxygens (including phenoxy) is 1. The Morgan fingerprint density at radius 2 is 2.20 bits per heavy atom. The summed E-state index contributed by atoms with van der Waals surface area (Å²) in [6.07, 6.45) is 5.06. The van der Waals surface area contributed by atoms with Gasteiger partial charge < -0.3 is 4.74 Å². The van der Waals surface area contributed by atoms with Crippen LogP contribution in [0.5, 0.6) is 0 Å². The molecule has 1 atom stereocenters. The molecule has 1 aliphatic carbocycles. The lowest BCUT2D eigenvalue weighted by atomic mass is 9.78. The molecule has 7 heteroatoms. The van der Waals surface area contributed by atoms with Crippen LogP contribution in [0.15, 0.2) is 10.8 Å². The lowest BCUT2D eigenvalue weighted by Crippen LogP contribution is -2.39. The smallest absolute Gasteiger partial charge is 0.214 e. The Morgan fingerprint density at radius 1 is 1.40 bits per heavy atom. The van der Waals surface area contributed by atoms with E-state index >= 15 is 0 Å². The van der Waals surface area contributed by atoms with E-state index < -0.39 is 10.0 Å². The van der Waals surface area contributed by atoms with E-state index in [2.05, 4.69) is 4.72 Å². The molecule has 1 aromatic rings. The molecule has 4 nitrogen and oxygen atoms in total. The molecule has 3 rings (SSSR count). The van der Waals surface area contributed by atoms with Crippen LogP contribution in [0.3, 0.4) is 0 Å². The molecule has 1 aliphatic heterocycles. The summed E-state index contributed by atoms with van der Waals surface area (Å²) in [5, 5.41) is 4.27. The van der Waals surface area contributed by atoms with Crippen molar-refractivity contribution in [3.8, 4) is 0 Å². The van der Waals surface area contributed by atoms with Gasteiger partial charge in [0.1, 0.15) is 0 Å². The summed E-state index contributed by atoms with van der Waals surface area (Å²) in [6, 6.07) is 0. The van der Waals surface area contributed by atoms with E-state index in [1.165, 1.54) is 17.8 Å². The standard InChI is InChI=1S/C13H18ClNO3S2/c14-12-8-19-7-10(12)6-15-20(16,17)9-11-2-5-13(18-11)3-1-4-13/h7-8,11,15H,1-6,9H2. The van der Waals surface area contributed by atoms with Gasteiger partial charge in [0, 0.05) is 11.9 Å². The first kappa shape index (κ1) is 14.8. The monoisotopic (exact) mass is 335 g/mol. The van der Waals surface area contributed by atoms with Crippen LogP contribution in [0.25, 0.3) is 0 Å². The van der Waals surface area contributed by atoms with Crippen LogP contribution >= 0.6 is 22.9 Å². The van der Waals surface area contributed by atoms with Crippen LogP contribution in [-0.4, -0.2) is 25.9 Å². The second-order valence-corrected chi connectivity index (χ2v) is 8.66. The lowest BCUT2D eigenvalue weighted by molar-refractivity contribution is -0.0842. The average molecular weight is 336 g/mol. The molecule has 2 heterocycles. The summed E-state index contributed by atoms with van der Waals surface area (Å²) in [5.74, 6) is 0.0521. The van der Waals surface area contributed by atoms with Crippen LogP contribution in [0.4, 0.5) is 0 Å². The van der Waals surface area contributed by atoms with Crippen molar-refractivity contribution in [2.45, 2.75) is 50.4 Å². The molecule has 1 unspecified atom stereocenters. The van der Waals surface area contributed by atoms with Crippen molar-refractivity contribution >= 4 is 33.0 Å². The predicted molar refractivity (Wildman–Crippen MR) is 80.6 cm³/mol. The van der Waals surface area contributed by atoms with Gasteiger partial charge >= 0.3 is 0 Å². The molecule has 1 aromatic heterocycles. The summed E-state index contributed by atoms with van der Waals surface area (Å²) in [6.45, 7) is 0.253. The van der Waals surface area contributed by atoms with Gasteiger partial charge in [-0.1, -0.05) is 11.6 Å². The number of halogens is 1. The third kappa shape index (κ3) is 3.20. The van der Waals surface area contributed by atoms with Gasteiger partial charge in [-0.05, 0) is 43.0 Å². The Kier molecular flexibility index (Phi) is 4.12. The fourth-order valence-corrected chi connectivity index (χ4v) is 5.15. The molecule has 1 spiro atoms. The van der Waals surface area contributed by atoms with Gasteiger partial charge in [0.2, 0.25) is 10.0 Å². The molecule has 1 saturated heterocycles. The Bertz CT molecular complexity index is 580. The van der Waals surface area contributed by atoms with E-state index in [4.69, 9.17) is 16.3 Å². The maximum atomic E-state index is 12.1. The highest BCUT2D eigenvalue weighted by Gasteiger charge is 2.45. The number of hydrogen-bond donors (Lipinski definition) is 1. The Labute approximate surface area is 128 Å². The zero-order chi connectivity index (χ0) is 14.2. The quantitative estimate of drug-likeness (QED) is 0.900. The van der Waals surface area contributed by atoms with Crippen LogP contribution in [0.1, 0.15) is 37.7 Å². The second-order valence-electron chi connectivity index (χ2n) is 5.66. The molecular weight excluding hydrogens is 318 g/mol. The van der Waals surface area contributed by atoms with Gasteiger partial charge in [-0.25, -0.2) is 13.1 Å². The summed E-state index contributed by atoms with van der Waals surface area (Å²) in [7, 11) is -3.32. The average Bonchev–Trinajstić information content (AvgIpc) is 2.92. The maximum Gasteiger partial charge on any atom is 0.214 e. The van der Waals surface area contributed by atoms with E-state index in [9.17, 15) is 8.42 Å². The number of hydrogen-bond acceptors (Lipinski definition) is 4. The van der Waals surface area contributed by atoms with Crippen LogP contribution in [0, 0.1) is 0 Å². The second kappa shape index (κ2) is 5.57. The van der Waals surface area contributed by atoms with E-state index in [1.54, 1.807) is 5.38 Å². The first-order valence-electron chi connectivity index (χ1n) is 6.84. The predicted octanol–water partition coefficient (Wildman–Crippen LogP) is 2.92. The Balaban J connectivity index is 1.52. The summed E-state index contributed by atoms with van der Waals surface area (Å²) >= 11 is 7.42. The first-order chi connectivity index (χ1) is 9.48.